The van der Waals surface area contributed by atoms with Gasteiger partial charge < -0.3 is 15.8 Å². The number of aromatic nitrogens is 3. The van der Waals surface area contributed by atoms with Gasteiger partial charge in [0.15, 0.2) is 0 Å². The normalized spacial score (nSPS) is 10.3. The highest BCUT2D eigenvalue weighted by Gasteiger charge is 2.06. The largest absolute Gasteiger partial charge is 0.463 e. The van der Waals surface area contributed by atoms with E-state index in [-0.39, 0.29) is 12.0 Å². The first-order chi connectivity index (χ1) is 9.69. The molecule has 0 radical (unpaired) electrons. The number of hydrogen-bond donors (Lipinski definition) is 2. The van der Waals surface area contributed by atoms with Crippen molar-refractivity contribution in [2.45, 2.75) is 19.9 Å². The molecule has 106 valence electrons. The maximum atomic E-state index is 6.08. The highest BCUT2D eigenvalue weighted by Crippen LogP contribution is 2.16. The van der Waals surface area contributed by atoms with Crippen LogP contribution in [-0.4, -0.2) is 21.6 Å². The molecule has 0 spiro atoms. The molecule has 0 aliphatic rings. The van der Waals surface area contributed by atoms with Crippen LogP contribution in [0.1, 0.15) is 18.9 Å². The van der Waals surface area contributed by atoms with E-state index in [4.69, 9.17) is 22.1 Å². The van der Waals surface area contributed by atoms with Crippen LogP contribution in [0, 0.1) is 0 Å². The van der Waals surface area contributed by atoms with Gasteiger partial charge in [0, 0.05) is 11.6 Å². The number of halogens is 1. The SMILES string of the molecule is CCCOc1nc(N)nc(NCc2ccccc2Cl)n1. The average molecular weight is 294 g/mol. The van der Waals surface area contributed by atoms with Crippen molar-refractivity contribution in [2.24, 2.45) is 0 Å². The van der Waals surface area contributed by atoms with Crippen molar-refractivity contribution in [3.8, 4) is 6.01 Å². The van der Waals surface area contributed by atoms with E-state index in [2.05, 4.69) is 20.3 Å². The highest BCUT2D eigenvalue weighted by atomic mass is 35.5. The lowest BCUT2D eigenvalue weighted by molar-refractivity contribution is 0.292. The van der Waals surface area contributed by atoms with Crippen LogP contribution in [0.5, 0.6) is 6.01 Å². The maximum Gasteiger partial charge on any atom is 0.323 e. The Morgan fingerprint density at radius 2 is 2.05 bits per heavy atom. The zero-order valence-electron chi connectivity index (χ0n) is 11.1. The molecule has 0 amide bonds. The van der Waals surface area contributed by atoms with E-state index in [0.29, 0.717) is 24.1 Å². The molecule has 0 aliphatic carbocycles. The Hall–Kier alpha value is -2.08. The summed E-state index contributed by atoms with van der Waals surface area (Å²) in [6.45, 7) is 3.03. The number of ether oxygens (including phenoxy) is 1. The molecule has 0 fully saturated rings. The topological polar surface area (TPSA) is 86.0 Å². The van der Waals surface area contributed by atoms with Gasteiger partial charge in [-0.1, -0.05) is 36.7 Å². The molecule has 1 heterocycles. The fourth-order valence-corrected chi connectivity index (χ4v) is 1.73. The predicted octanol–water partition coefficient (Wildman–Crippen LogP) is 2.51. The summed E-state index contributed by atoms with van der Waals surface area (Å²) in [6, 6.07) is 7.77. The van der Waals surface area contributed by atoms with Crippen molar-refractivity contribution in [1.82, 2.24) is 15.0 Å². The number of nitrogens with one attached hydrogen (secondary N) is 1. The lowest BCUT2D eigenvalue weighted by Crippen LogP contribution is -2.09. The van der Waals surface area contributed by atoms with Crippen LogP contribution in [0.2, 0.25) is 5.02 Å². The summed E-state index contributed by atoms with van der Waals surface area (Å²) in [7, 11) is 0. The van der Waals surface area contributed by atoms with Gasteiger partial charge in [-0.05, 0) is 18.1 Å². The zero-order valence-corrected chi connectivity index (χ0v) is 11.9. The molecule has 3 N–H and O–H groups in total. The summed E-state index contributed by atoms with van der Waals surface area (Å²) in [4.78, 5) is 12.1. The second-order valence-electron chi connectivity index (χ2n) is 4.09. The van der Waals surface area contributed by atoms with E-state index in [1.807, 2.05) is 31.2 Å². The Morgan fingerprint density at radius 1 is 1.25 bits per heavy atom. The van der Waals surface area contributed by atoms with Crippen molar-refractivity contribution in [3.63, 3.8) is 0 Å². The molecule has 6 nitrogen and oxygen atoms in total. The standard InChI is InChI=1S/C13H16ClN5O/c1-2-7-20-13-18-11(15)17-12(19-13)16-8-9-5-3-4-6-10(9)14/h3-6H,2,7-8H2,1H3,(H3,15,16,17,18,19). The van der Waals surface area contributed by atoms with Gasteiger partial charge in [0.1, 0.15) is 0 Å². The fourth-order valence-electron chi connectivity index (χ4n) is 1.53. The molecule has 1 aromatic carbocycles. The quantitative estimate of drug-likeness (QED) is 0.851. The third kappa shape index (κ3) is 3.96. The summed E-state index contributed by atoms with van der Waals surface area (Å²) in [5.74, 6) is 0.483. The number of nitrogens with zero attached hydrogens (tertiary/aromatic N) is 3. The van der Waals surface area contributed by atoms with Crippen molar-refractivity contribution in [1.29, 1.82) is 0 Å². The number of hydrogen-bond acceptors (Lipinski definition) is 6. The summed E-state index contributed by atoms with van der Waals surface area (Å²) in [5.41, 5.74) is 6.57. The summed E-state index contributed by atoms with van der Waals surface area (Å²) in [6.07, 6.45) is 0.869. The van der Waals surface area contributed by atoms with Gasteiger partial charge in [-0.15, -0.1) is 0 Å². The lowest BCUT2D eigenvalue weighted by Gasteiger charge is -2.08. The van der Waals surface area contributed by atoms with Crippen LogP contribution in [-0.2, 0) is 6.54 Å². The molecular formula is C13H16ClN5O. The number of benzene rings is 1. The van der Waals surface area contributed by atoms with Crippen LogP contribution in [0.3, 0.4) is 0 Å². The molecule has 2 rings (SSSR count). The number of rotatable bonds is 6. The van der Waals surface area contributed by atoms with Crippen molar-refractivity contribution in [3.05, 3.63) is 34.9 Å². The second-order valence-corrected chi connectivity index (χ2v) is 4.50. The van der Waals surface area contributed by atoms with Gasteiger partial charge in [-0.3, -0.25) is 0 Å². The van der Waals surface area contributed by atoms with Gasteiger partial charge in [-0.2, -0.15) is 15.0 Å². The van der Waals surface area contributed by atoms with E-state index < -0.39 is 0 Å². The Kier molecular flexibility index (Phi) is 4.95. The van der Waals surface area contributed by atoms with Crippen LogP contribution in [0.25, 0.3) is 0 Å². The molecule has 20 heavy (non-hydrogen) atoms. The Balaban J connectivity index is 2.05. The van der Waals surface area contributed by atoms with Gasteiger partial charge in [0.25, 0.3) is 0 Å². The van der Waals surface area contributed by atoms with Crippen molar-refractivity contribution >= 4 is 23.5 Å². The zero-order chi connectivity index (χ0) is 14.4. The Morgan fingerprint density at radius 3 is 2.80 bits per heavy atom. The van der Waals surface area contributed by atoms with Gasteiger partial charge in [0.05, 0.1) is 6.61 Å². The molecular weight excluding hydrogens is 278 g/mol. The molecule has 0 unspecified atom stereocenters. The summed E-state index contributed by atoms with van der Waals surface area (Å²) in [5, 5.41) is 3.74. The van der Waals surface area contributed by atoms with Crippen LogP contribution in [0.15, 0.2) is 24.3 Å². The van der Waals surface area contributed by atoms with Gasteiger partial charge in [-0.25, -0.2) is 0 Å². The summed E-state index contributed by atoms with van der Waals surface area (Å²) < 4.78 is 5.34. The molecule has 1 aromatic heterocycles. The number of nitrogen functional groups attached to an aromatic ring is 1. The minimum atomic E-state index is 0.118. The molecule has 0 saturated carbocycles. The van der Waals surface area contributed by atoms with E-state index in [9.17, 15) is 0 Å². The van der Waals surface area contributed by atoms with Crippen molar-refractivity contribution in [2.75, 3.05) is 17.7 Å². The third-order valence-electron chi connectivity index (χ3n) is 2.46. The second kappa shape index (κ2) is 6.91. The van der Waals surface area contributed by atoms with Crippen LogP contribution in [0.4, 0.5) is 11.9 Å². The first kappa shape index (κ1) is 14.3. The molecule has 7 heteroatoms. The predicted molar refractivity (Wildman–Crippen MR) is 78.8 cm³/mol. The van der Waals surface area contributed by atoms with Crippen LogP contribution < -0.4 is 15.8 Å². The van der Waals surface area contributed by atoms with Crippen LogP contribution >= 0.6 is 11.6 Å². The lowest BCUT2D eigenvalue weighted by atomic mass is 10.2. The summed E-state index contributed by atoms with van der Waals surface area (Å²) >= 11 is 6.08. The minimum Gasteiger partial charge on any atom is -0.463 e. The van der Waals surface area contributed by atoms with Crippen molar-refractivity contribution < 1.29 is 4.74 Å². The Bertz CT molecular complexity index is 578. The Labute approximate surface area is 122 Å². The van der Waals surface area contributed by atoms with Gasteiger partial charge >= 0.3 is 6.01 Å². The van der Waals surface area contributed by atoms with E-state index >= 15 is 0 Å². The third-order valence-corrected chi connectivity index (χ3v) is 2.83. The highest BCUT2D eigenvalue weighted by molar-refractivity contribution is 6.31. The van der Waals surface area contributed by atoms with E-state index in [1.165, 1.54) is 0 Å². The number of anilines is 2. The monoisotopic (exact) mass is 293 g/mol. The fraction of sp³-hybridized carbons (Fsp3) is 0.308. The minimum absolute atomic E-state index is 0.118. The maximum absolute atomic E-state index is 6.08. The molecule has 0 aliphatic heterocycles. The molecule has 0 atom stereocenters. The average Bonchev–Trinajstić information content (AvgIpc) is 2.44. The molecule has 2 aromatic rings. The molecule has 0 bridgehead atoms. The van der Waals surface area contributed by atoms with E-state index in [1.54, 1.807) is 0 Å². The van der Waals surface area contributed by atoms with Gasteiger partial charge in [0.2, 0.25) is 11.9 Å². The first-order valence-electron chi connectivity index (χ1n) is 6.30. The smallest absolute Gasteiger partial charge is 0.323 e. The first-order valence-corrected chi connectivity index (χ1v) is 6.68. The number of nitrogens with two attached hydrogens (primary N) is 1. The van der Waals surface area contributed by atoms with E-state index in [0.717, 1.165) is 12.0 Å². The molecule has 0 saturated heterocycles.